The lowest BCUT2D eigenvalue weighted by Gasteiger charge is -2.51. The van der Waals surface area contributed by atoms with Crippen LogP contribution in [0.5, 0.6) is 0 Å². The normalized spacial score (nSPS) is 42.7. The van der Waals surface area contributed by atoms with Crippen LogP contribution in [0.1, 0.15) is 141 Å². The second kappa shape index (κ2) is 24.3. The van der Waals surface area contributed by atoms with Gasteiger partial charge in [-0.15, -0.1) is 0 Å². The molecule has 16 nitrogen and oxygen atoms in total. The molecule has 3 saturated heterocycles. The van der Waals surface area contributed by atoms with Crippen molar-refractivity contribution in [3.63, 3.8) is 0 Å². The molecule has 0 aromatic rings. The molecule has 410 valence electrons. The Balaban J connectivity index is 1.96. The molecule has 0 unspecified atom stereocenters. The van der Waals surface area contributed by atoms with Crippen molar-refractivity contribution in [1.82, 2.24) is 4.90 Å². The summed E-state index contributed by atoms with van der Waals surface area (Å²) in [6.45, 7) is 35.1. The van der Waals surface area contributed by atoms with Gasteiger partial charge in [0.25, 0.3) is 0 Å². The average molecular weight is 1030 g/mol. The number of oxime groups is 1. The minimum Gasteiger partial charge on any atom is -0.459 e. The minimum atomic E-state index is -2.23. The molecule has 70 heavy (non-hydrogen) atoms. The summed E-state index contributed by atoms with van der Waals surface area (Å²) >= 11 is 0. The first-order chi connectivity index (χ1) is 32.1. The van der Waals surface area contributed by atoms with Crippen molar-refractivity contribution in [3.8, 4) is 0 Å². The number of nitrogens with zero attached hydrogens (tertiary/aromatic N) is 2. The third-order valence-corrected chi connectivity index (χ3v) is 17.1. The first kappa shape index (κ1) is 61.4. The third kappa shape index (κ3) is 15.5. The van der Waals surface area contributed by atoms with E-state index in [0.29, 0.717) is 25.0 Å². The van der Waals surface area contributed by atoms with Crippen LogP contribution in [-0.4, -0.2) is 166 Å². The molecular weight excluding hydrogens is 933 g/mol. The Morgan fingerprint density at radius 2 is 1.43 bits per heavy atom. The van der Waals surface area contributed by atoms with Crippen molar-refractivity contribution in [2.45, 2.75) is 276 Å². The molecule has 0 amide bonds. The number of hydrogen-bond donors (Lipinski definition) is 3. The zero-order valence-electron chi connectivity index (χ0n) is 47.3. The number of likely N-dealkylation sites (N-methyl/N-ethyl adjacent to an activating group) is 1. The highest BCUT2D eigenvalue weighted by molar-refractivity contribution is 6.70. The molecule has 0 bridgehead atoms. The van der Waals surface area contributed by atoms with Crippen molar-refractivity contribution in [1.29, 1.82) is 0 Å². The predicted molar refractivity (Wildman–Crippen MR) is 276 cm³/mol. The van der Waals surface area contributed by atoms with Crippen molar-refractivity contribution < 1.29 is 67.0 Å². The first-order valence-electron chi connectivity index (χ1n) is 26.6. The van der Waals surface area contributed by atoms with E-state index in [4.69, 9.17) is 52.0 Å². The van der Waals surface area contributed by atoms with E-state index in [1.54, 1.807) is 34.8 Å². The average Bonchev–Trinajstić information content (AvgIpc) is 3.23. The summed E-state index contributed by atoms with van der Waals surface area (Å²) in [7, 11) is 1.42. The Labute approximate surface area is 425 Å². The number of aliphatic hydroxyl groups excluding tert-OH is 1. The summed E-state index contributed by atoms with van der Waals surface area (Å²) in [5.74, 6) is -4.82. The van der Waals surface area contributed by atoms with E-state index in [0.717, 1.165) is 19.3 Å². The van der Waals surface area contributed by atoms with E-state index in [-0.39, 0.29) is 37.5 Å². The Morgan fingerprint density at radius 3 is 1.96 bits per heavy atom. The quantitative estimate of drug-likeness (QED) is 0.0614. The fourth-order valence-electron chi connectivity index (χ4n) is 11.6. The van der Waals surface area contributed by atoms with E-state index in [2.05, 4.69) is 44.2 Å². The van der Waals surface area contributed by atoms with Crippen LogP contribution >= 0.6 is 0 Å². The van der Waals surface area contributed by atoms with E-state index in [9.17, 15) is 20.1 Å². The third-order valence-electron chi connectivity index (χ3n) is 15.1. The van der Waals surface area contributed by atoms with Crippen LogP contribution in [-0.2, 0) is 51.6 Å². The molecule has 3 N–H and O–H groups in total. The summed E-state index contributed by atoms with van der Waals surface area (Å²) < 4.78 is 60.5. The predicted octanol–water partition coefficient (Wildman–Crippen LogP) is 8.39. The number of ether oxygens (including phenoxy) is 7. The summed E-state index contributed by atoms with van der Waals surface area (Å²) in [6.07, 6.45) is -2.93. The van der Waals surface area contributed by atoms with Gasteiger partial charge < -0.3 is 67.1 Å². The van der Waals surface area contributed by atoms with Gasteiger partial charge in [0.05, 0.1) is 65.6 Å². The second-order valence-electron chi connectivity index (χ2n) is 24.7. The minimum absolute atomic E-state index is 0.0531. The number of methoxy groups -OCH3 is 1. The molecular formula is C52H100N2O14Si2. The van der Waals surface area contributed by atoms with Crippen LogP contribution < -0.4 is 0 Å². The summed E-state index contributed by atoms with van der Waals surface area (Å²) in [4.78, 5) is 23.5. The fourth-order valence-corrected chi connectivity index (χ4v) is 13.9. The maximum atomic E-state index is 14.8. The number of rotatable bonds is 15. The van der Waals surface area contributed by atoms with E-state index < -0.39 is 124 Å². The molecule has 3 heterocycles. The number of aliphatic hydroxyl groups is 3. The van der Waals surface area contributed by atoms with Gasteiger partial charge in [-0.05, 0) is 141 Å². The molecule has 0 spiro atoms. The maximum Gasteiger partial charge on any atom is 0.311 e. The van der Waals surface area contributed by atoms with E-state index in [1.807, 2.05) is 62.6 Å². The molecule has 4 fully saturated rings. The molecule has 1 saturated carbocycles. The lowest BCUT2D eigenvalue weighted by atomic mass is 9.73. The summed E-state index contributed by atoms with van der Waals surface area (Å²) in [6, 6.07) is -0.0774. The zero-order chi connectivity index (χ0) is 53.1. The molecule has 18 heteroatoms. The van der Waals surface area contributed by atoms with Crippen molar-refractivity contribution in [2.75, 3.05) is 21.2 Å². The zero-order valence-corrected chi connectivity index (χ0v) is 49.3. The number of esters is 1. The lowest BCUT2D eigenvalue weighted by Crippen LogP contribution is -2.62. The van der Waals surface area contributed by atoms with Crippen LogP contribution in [0.15, 0.2) is 5.16 Å². The maximum absolute atomic E-state index is 14.8. The van der Waals surface area contributed by atoms with Gasteiger partial charge in [0.2, 0.25) is 5.79 Å². The van der Waals surface area contributed by atoms with Gasteiger partial charge in [0.1, 0.15) is 17.8 Å². The monoisotopic (exact) mass is 1030 g/mol. The van der Waals surface area contributed by atoms with E-state index in [1.165, 1.54) is 6.92 Å². The fraction of sp³-hybridized carbons (Fsp3) is 0.962. The van der Waals surface area contributed by atoms with E-state index >= 15 is 0 Å². The molecule has 18 atom stereocenters. The largest absolute Gasteiger partial charge is 0.459 e. The molecule has 4 aliphatic rings. The highest BCUT2D eigenvalue weighted by Gasteiger charge is 2.55. The van der Waals surface area contributed by atoms with Gasteiger partial charge in [0.15, 0.2) is 29.2 Å². The lowest BCUT2D eigenvalue weighted by molar-refractivity contribution is -0.315. The van der Waals surface area contributed by atoms with Crippen molar-refractivity contribution >= 4 is 28.3 Å². The van der Waals surface area contributed by atoms with Crippen molar-refractivity contribution in [2.24, 2.45) is 28.8 Å². The standard InChI is InChI=1S/C52H100N2O14Si2/c1-22-39-51(12,58)44(55)34(6)41(53-68-52(65-31(2)3)26-24-23-25-27-52)32(4)29-49(10,57)45(64-48-43(66-69(16,17)18)38(54(13)14)28-33(5)60-48)35(7)42(36(8)47(56)62-39)63-40-30-50(11,59-15)46(37(9)61-40)67-70(19,20)21/h31-40,42-46,48,55,57-58H,22-30H2,1-21H3/t32-,33-,34+,35+,36-,37+,38+,39-,40+,42+,43-,44-,45-,46+,48+,49+,50-,51-/m1/s1. The summed E-state index contributed by atoms with van der Waals surface area (Å²) in [5.41, 5.74) is -4.07. The van der Waals surface area contributed by atoms with Crippen LogP contribution in [0.25, 0.3) is 0 Å². The highest BCUT2D eigenvalue weighted by Crippen LogP contribution is 2.43. The van der Waals surface area contributed by atoms with Gasteiger partial charge in [-0.2, -0.15) is 0 Å². The van der Waals surface area contributed by atoms with Gasteiger partial charge in [0, 0.05) is 50.2 Å². The Morgan fingerprint density at radius 1 is 0.829 bits per heavy atom. The summed E-state index contributed by atoms with van der Waals surface area (Å²) in [5, 5.41) is 43.0. The number of cyclic esters (lactones) is 1. The Bertz CT molecular complexity index is 1680. The molecule has 0 aromatic carbocycles. The van der Waals surface area contributed by atoms with Crippen LogP contribution in [0.4, 0.5) is 0 Å². The van der Waals surface area contributed by atoms with Crippen LogP contribution in [0.2, 0.25) is 39.3 Å². The van der Waals surface area contributed by atoms with Crippen LogP contribution in [0, 0.1) is 23.7 Å². The first-order valence-corrected chi connectivity index (χ1v) is 33.4. The second-order valence-corrected chi connectivity index (χ2v) is 33.6. The Kier molecular flexibility index (Phi) is 21.3. The number of carbonyl (C=O) groups excluding carboxylic acids is 1. The molecule has 0 radical (unpaired) electrons. The van der Waals surface area contributed by atoms with Gasteiger partial charge >= 0.3 is 5.97 Å². The molecule has 0 aromatic heterocycles. The molecule has 4 rings (SSSR count). The topological polar surface area (TPSA) is 186 Å². The van der Waals surface area contributed by atoms with Gasteiger partial charge in [-0.3, -0.25) is 4.79 Å². The molecule has 1 aliphatic carbocycles. The molecule has 3 aliphatic heterocycles. The van der Waals surface area contributed by atoms with Gasteiger partial charge in [-0.1, -0.05) is 39.3 Å². The van der Waals surface area contributed by atoms with Crippen molar-refractivity contribution in [3.05, 3.63) is 0 Å². The SMILES string of the molecule is CC[C@H]1OC(=O)[C@H](C)[C@@H](O[C@H]2C[C@@](C)(OC)[C@@H](O[Si](C)(C)C)[C@H](C)O2)[C@H](C)[C@@H](O[C@@H]2O[C@H](C)C[C@H](N(C)C)[C@H]2O[Si](C)(C)C)[C@@](C)(O)C[C@@H](C)C(=NOC2(OC(C)C)CCCCC2)[C@H](C)[C@@H](O)[C@]1(C)O. The highest BCUT2D eigenvalue weighted by atomic mass is 28.4. The van der Waals surface area contributed by atoms with Gasteiger partial charge in [-0.25, -0.2) is 0 Å². The number of carbonyl (C=O) groups is 1. The number of hydrogen-bond acceptors (Lipinski definition) is 16. The Hall–Kier alpha value is -1.11. The smallest absolute Gasteiger partial charge is 0.311 e. The van der Waals surface area contributed by atoms with Crippen LogP contribution in [0.3, 0.4) is 0 Å².